The molecule has 1 saturated heterocycles. The van der Waals surface area contributed by atoms with Crippen LogP contribution in [0, 0.1) is 0 Å². The van der Waals surface area contributed by atoms with E-state index in [1.54, 1.807) is 0 Å². The number of nitrogens with zero attached hydrogens (tertiary/aromatic N) is 1. The zero-order valence-corrected chi connectivity index (χ0v) is 13.0. The summed E-state index contributed by atoms with van der Waals surface area (Å²) in [5.41, 5.74) is 6.33. The number of rotatable bonds is 4. The van der Waals surface area contributed by atoms with Gasteiger partial charge in [-0.2, -0.15) is 0 Å². The Kier molecular flexibility index (Phi) is 5.38. The summed E-state index contributed by atoms with van der Waals surface area (Å²) in [5, 5.41) is 3.70. The molecule has 3 N–H and O–H groups in total. The molecule has 0 saturated carbocycles. The van der Waals surface area contributed by atoms with Gasteiger partial charge in [-0.1, -0.05) is 0 Å². The first kappa shape index (κ1) is 15.6. The van der Waals surface area contributed by atoms with Gasteiger partial charge in [0.1, 0.15) is 11.8 Å². The molecule has 1 aromatic carbocycles. The van der Waals surface area contributed by atoms with Gasteiger partial charge in [-0.3, -0.25) is 4.79 Å². The number of primary amides is 1. The molecule has 1 aromatic rings. The van der Waals surface area contributed by atoms with Gasteiger partial charge in [0, 0.05) is 12.2 Å². The highest BCUT2D eigenvalue weighted by Gasteiger charge is 2.28. The first-order chi connectivity index (χ1) is 10.1. The van der Waals surface area contributed by atoms with Crippen LogP contribution in [0.2, 0.25) is 0 Å². The summed E-state index contributed by atoms with van der Waals surface area (Å²) in [4.78, 5) is 13.4. The summed E-state index contributed by atoms with van der Waals surface area (Å²) in [6.45, 7) is 3.34. The molecule has 0 radical (unpaired) electrons. The number of carbonyl (C=O) groups excluding carboxylic acids is 1. The molecular weight excluding hydrogens is 286 g/mol. The first-order valence-electron chi connectivity index (χ1n) is 7.21. The van der Waals surface area contributed by atoms with Crippen molar-refractivity contribution in [3.05, 3.63) is 24.3 Å². The van der Waals surface area contributed by atoms with Gasteiger partial charge in [-0.05, 0) is 62.7 Å². The standard InChI is InChI=1S/C15H21N3O2S/c1-2-20-12-8-6-11(7-9-12)17-15(21)18-10-4-3-5-13(18)14(16)19/h6-9,13H,2-5,10H2,1H3,(H2,16,19)(H,17,21)/t13-/m0/s1. The van der Waals surface area contributed by atoms with E-state index in [9.17, 15) is 4.79 Å². The van der Waals surface area contributed by atoms with Crippen molar-refractivity contribution in [1.82, 2.24) is 4.90 Å². The van der Waals surface area contributed by atoms with Crippen molar-refractivity contribution in [3.63, 3.8) is 0 Å². The highest BCUT2D eigenvalue weighted by atomic mass is 32.1. The largest absolute Gasteiger partial charge is 0.494 e. The molecule has 0 bridgehead atoms. The van der Waals surface area contributed by atoms with Crippen LogP contribution in [0.25, 0.3) is 0 Å². The van der Waals surface area contributed by atoms with Crippen LogP contribution in [0.15, 0.2) is 24.3 Å². The third-order valence-electron chi connectivity index (χ3n) is 3.51. The molecule has 1 amide bonds. The van der Waals surface area contributed by atoms with E-state index in [2.05, 4.69) is 5.32 Å². The fourth-order valence-corrected chi connectivity index (χ4v) is 2.80. The molecule has 0 unspecified atom stereocenters. The number of nitrogens with two attached hydrogens (primary N) is 1. The summed E-state index contributed by atoms with van der Waals surface area (Å²) in [6, 6.07) is 7.27. The van der Waals surface area contributed by atoms with Gasteiger partial charge in [-0.25, -0.2) is 0 Å². The monoisotopic (exact) mass is 307 g/mol. The first-order valence-corrected chi connectivity index (χ1v) is 7.62. The molecule has 2 rings (SSSR count). The van der Waals surface area contributed by atoms with Crippen molar-refractivity contribution in [2.75, 3.05) is 18.5 Å². The Morgan fingerprint density at radius 2 is 2.14 bits per heavy atom. The normalized spacial score (nSPS) is 18.1. The topological polar surface area (TPSA) is 67.6 Å². The van der Waals surface area contributed by atoms with Gasteiger partial charge in [-0.15, -0.1) is 0 Å². The Hall–Kier alpha value is -1.82. The fourth-order valence-electron chi connectivity index (χ4n) is 2.47. The number of amides is 1. The molecule has 0 aromatic heterocycles. The van der Waals surface area contributed by atoms with E-state index in [-0.39, 0.29) is 11.9 Å². The van der Waals surface area contributed by atoms with E-state index < -0.39 is 0 Å². The number of hydrogen-bond acceptors (Lipinski definition) is 3. The molecule has 6 heteroatoms. The Morgan fingerprint density at radius 3 is 2.76 bits per heavy atom. The smallest absolute Gasteiger partial charge is 0.240 e. The lowest BCUT2D eigenvalue weighted by Gasteiger charge is -2.35. The predicted molar refractivity (Wildman–Crippen MR) is 87.4 cm³/mol. The maximum Gasteiger partial charge on any atom is 0.240 e. The highest BCUT2D eigenvalue weighted by Crippen LogP contribution is 2.20. The number of nitrogens with one attached hydrogen (secondary N) is 1. The van der Waals surface area contributed by atoms with Crippen molar-refractivity contribution in [3.8, 4) is 5.75 Å². The quantitative estimate of drug-likeness (QED) is 0.834. The lowest BCUT2D eigenvalue weighted by Crippen LogP contribution is -2.51. The molecule has 114 valence electrons. The molecular formula is C15H21N3O2S. The van der Waals surface area contributed by atoms with Gasteiger partial charge in [0.05, 0.1) is 6.61 Å². The maximum absolute atomic E-state index is 11.5. The van der Waals surface area contributed by atoms with E-state index in [1.165, 1.54) is 0 Å². The molecule has 1 aliphatic rings. The Balaban J connectivity index is 2.00. The van der Waals surface area contributed by atoms with Crippen LogP contribution in [0.3, 0.4) is 0 Å². The van der Waals surface area contributed by atoms with Crippen LogP contribution in [0.4, 0.5) is 5.69 Å². The van der Waals surface area contributed by atoms with Gasteiger partial charge in [0.2, 0.25) is 5.91 Å². The lowest BCUT2D eigenvalue weighted by molar-refractivity contribution is -0.122. The third kappa shape index (κ3) is 4.07. The van der Waals surface area contributed by atoms with Crippen LogP contribution in [0.5, 0.6) is 5.75 Å². The Morgan fingerprint density at radius 1 is 1.43 bits per heavy atom. The minimum Gasteiger partial charge on any atom is -0.494 e. The second-order valence-electron chi connectivity index (χ2n) is 4.99. The van der Waals surface area contributed by atoms with Gasteiger partial charge in [0.15, 0.2) is 5.11 Å². The molecule has 1 heterocycles. The average molecular weight is 307 g/mol. The zero-order chi connectivity index (χ0) is 15.2. The summed E-state index contributed by atoms with van der Waals surface area (Å²) in [7, 11) is 0. The minimum absolute atomic E-state index is 0.304. The number of piperidine rings is 1. The number of likely N-dealkylation sites (tertiary alicyclic amines) is 1. The van der Waals surface area contributed by atoms with Crippen molar-refractivity contribution in [2.45, 2.75) is 32.2 Å². The Labute approximate surface area is 130 Å². The number of hydrogen-bond donors (Lipinski definition) is 2. The molecule has 1 atom stereocenters. The molecule has 21 heavy (non-hydrogen) atoms. The van der Waals surface area contributed by atoms with Crippen molar-refractivity contribution < 1.29 is 9.53 Å². The number of thiocarbonyl (C=S) groups is 1. The molecule has 0 aliphatic carbocycles. The minimum atomic E-state index is -0.314. The molecule has 1 fully saturated rings. The van der Waals surface area contributed by atoms with E-state index in [0.717, 1.165) is 37.2 Å². The molecule has 0 spiro atoms. The SMILES string of the molecule is CCOc1ccc(NC(=S)N2CCCC[C@H]2C(N)=O)cc1. The predicted octanol–water partition coefficient (Wildman–Crippen LogP) is 2.12. The van der Waals surface area contributed by atoms with Gasteiger partial charge < -0.3 is 20.7 Å². The van der Waals surface area contributed by atoms with Crippen LogP contribution in [-0.4, -0.2) is 35.1 Å². The maximum atomic E-state index is 11.5. The van der Waals surface area contributed by atoms with Crippen LogP contribution in [0.1, 0.15) is 26.2 Å². The van der Waals surface area contributed by atoms with E-state index in [4.69, 9.17) is 22.7 Å². The van der Waals surface area contributed by atoms with Crippen LogP contribution < -0.4 is 15.8 Å². The van der Waals surface area contributed by atoms with E-state index in [1.807, 2.05) is 36.1 Å². The van der Waals surface area contributed by atoms with Crippen molar-refractivity contribution >= 4 is 28.9 Å². The van der Waals surface area contributed by atoms with Gasteiger partial charge >= 0.3 is 0 Å². The number of benzene rings is 1. The van der Waals surface area contributed by atoms with Gasteiger partial charge in [0.25, 0.3) is 0 Å². The highest BCUT2D eigenvalue weighted by molar-refractivity contribution is 7.80. The third-order valence-corrected chi connectivity index (χ3v) is 3.85. The summed E-state index contributed by atoms with van der Waals surface area (Å²) < 4.78 is 5.40. The van der Waals surface area contributed by atoms with Crippen LogP contribution >= 0.6 is 12.2 Å². The van der Waals surface area contributed by atoms with Crippen LogP contribution in [-0.2, 0) is 4.79 Å². The summed E-state index contributed by atoms with van der Waals surface area (Å²) >= 11 is 5.41. The molecule has 5 nitrogen and oxygen atoms in total. The number of ether oxygens (including phenoxy) is 1. The summed E-state index contributed by atoms with van der Waals surface area (Å²) in [5.74, 6) is 0.507. The molecule has 1 aliphatic heterocycles. The average Bonchev–Trinajstić information content (AvgIpc) is 2.49. The van der Waals surface area contributed by atoms with E-state index in [0.29, 0.717) is 11.7 Å². The summed E-state index contributed by atoms with van der Waals surface area (Å²) in [6.07, 6.45) is 2.80. The second-order valence-corrected chi connectivity index (χ2v) is 5.38. The Bertz CT molecular complexity index is 504. The van der Waals surface area contributed by atoms with Crippen molar-refractivity contribution in [1.29, 1.82) is 0 Å². The number of anilines is 1. The lowest BCUT2D eigenvalue weighted by atomic mass is 10.0. The van der Waals surface area contributed by atoms with E-state index >= 15 is 0 Å². The second kappa shape index (κ2) is 7.26. The zero-order valence-electron chi connectivity index (χ0n) is 12.2. The fraction of sp³-hybridized carbons (Fsp3) is 0.467. The van der Waals surface area contributed by atoms with Crippen molar-refractivity contribution in [2.24, 2.45) is 5.73 Å². The number of carbonyl (C=O) groups is 1.